The number of hydrogen-bond donors (Lipinski definition) is 2. The Morgan fingerprint density at radius 3 is 2.56 bits per heavy atom. The Labute approximate surface area is 217 Å². The molecule has 0 atom stereocenters. The highest BCUT2D eigenvalue weighted by Gasteiger charge is 2.15. The van der Waals surface area contributed by atoms with Crippen LogP contribution in [0.15, 0.2) is 83.3 Å². The number of aryl methyl sites for hydroxylation is 2. The molecule has 2 N–H and O–H groups in total. The Morgan fingerprint density at radius 2 is 1.86 bits per heavy atom. The fourth-order valence-corrected chi connectivity index (χ4v) is 4.01. The molecule has 0 bridgehead atoms. The number of para-hydroxylation sites is 1. The highest BCUT2D eigenvalue weighted by atomic mass is 16.3. The molecule has 0 aliphatic heterocycles. The molecule has 4 rings (SSSR count). The lowest BCUT2D eigenvalue weighted by atomic mass is 10.0. The molecule has 1 aromatic heterocycles. The number of rotatable bonds is 7. The van der Waals surface area contributed by atoms with Crippen LogP contribution in [0.3, 0.4) is 0 Å². The third kappa shape index (κ3) is 7.98. The average Bonchev–Trinajstić information content (AvgIpc) is 3.29. The second-order valence-electron chi connectivity index (χ2n) is 8.75. The second kappa shape index (κ2) is 15.4. The minimum atomic E-state index is 0.589. The van der Waals surface area contributed by atoms with E-state index in [1.807, 2.05) is 27.0 Å². The van der Waals surface area contributed by atoms with Crippen LogP contribution in [0.4, 0.5) is 0 Å². The molecule has 3 aromatic rings. The summed E-state index contributed by atoms with van der Waals surface area (Å²) in [5, 5.41) is 11.4. The Morgan fingerprint density at radius 1 is 1.08 bits per heavy atom. The molecule has 3 nitrogen and oxygen atoms in total. The van der Waals surface area contributed by atoms with Gasteiger partial charge in [-0.2, -0.15) is 0 Å². The van der Waals surface area contributed by atoms with Gasteiger partial charge in [0, 0.05) is 41.9 Å². The van der Waals surface area contributed by atoms with Crippen molar-refractivity contribution in [3.8, 4) is 0 Å². The van der Waals surface area contributed by atoms with E-state index in [2.05, 4.69) is 98.9 Å². The zero-order chi connectivity index (χ0) is 26.3. The molecule has 0 spiro atoms. The highest BCUT2D eigenvalue weighted by molar-refractivity contribution is 5.91. The van der Waals surface area contributed by atoms with Crippen molar-refractivity contribution in [1.29, 1.82) is 5.41 Å². The van der Waals surface area contributed by atoms with Crippen molar-refractivity contribution in [3.05, 3.63) is 107 Å². The van der Waals surface area contributed by atoms with Crippen molar-refractivity contribution in [2.75, 3.05) is 7.05 Å². The summed E-state index contributed by atoms with van der Waals surface area (Å²) in [5.74, 6) is 1.70. The highest BCUT2D eigenvalue weighted by Crippen LogP contribution is 2.33. The predicted molar refractivity (Wildman–Crippen MR) is 159 cm³/mol. The van der Waals surface area contributed by atoms with E-state index in [0.29, 0.717) is 5.92 Å². The van der Waals surface area contributed by atoms with Crippen molar-refractivity contribution in [1.82, 2.24) is 5.32 Å². The standard InChI is InChI=1S/C16H15NO.C15H21N.C2H6/c17-11-4-3-6-12-7-5-9-14-13-8-1-2-10-15(13)18-16(12)14;1-12(2)8-7-11-15(16-4)14-10-6-5-9-13(14)3;1-2/h1,3-5,7-9,11,17H,2,6,10H2;5-12,16H,1-4H3;1-2H3/b4-3-,17-11?;8-7-,15-11-;. The number of nitrogens with one attached hydrogen (secondary N) is 2. The first kappa shape index (κ1) is 28.6. The quantitative estimate of drug-likeness (QED) is 0.261. The monoisotopic (exact) mass is 482 g/mol. The van der Waals surface area contributed by atoms with Crippen molar-refractivity contribution in [2.24, 2.45) is 5.92 Å². The third-order valence-electron chi connectivity index (χ3n) is 5.77. The smallest absolute Gasteiger partial charge is 0.138 e. The lowest BCUT2D eigenvalue weighted by Crippen LogP contribution is -2.05. The minimum Gasteiger partial charge on any atom is -0.460 e. The van der Waals surface area contributed by atoms with Crippen molar-refractivity contribution < 1.29 is 4.42 Å². The lowest BCUT2D eigenvalue weighted by molar-refractivity contribution is 0.544. The van der Waals surface area contributed by atoms with E-state index in [1.54, 1.807) is 6.08 Å². The van der Waals surface area contributed by atoms with Crippen molar-refractivity contribution in [3.63, 3.8) is 0 Å². The summed E-state index contributed by atoms with van der Waals surface area (Å²) < 4.78 is 6.01. The Hall–Kier alpha value is -3.59. The molecule has 0 saturated carbocycles. The summed E-state index contributed by atoms with van der Waals surface area (Å²) in [6, 6.07) is 14.7. The lowest BCUT2D eigenvalue weighted by Gasteiger charge is -2.09. The van der Waals surface area contributed by atoms with Gasteiger partial charge in [0.15, 0.2) is 0 Å². The van der Waals surface area contributed by atoms with E-state index < -0.39 is 0 Å². The summed E-state index contributed by atoms with van der Waals surface area (Å²) in [6.07, 6.45) is 18.7. The first-order valence-corrected chi connectivity index (χ1v) is 13.0. The van der Waals surface area contributed by atoms with Gasteiger partial charge in [0.2, 0.25) is 0 Å². The van der Waals surface area contributed by atoms with E-state index in [1.165, 1.54) is 33.9 Å². The van der Waals surface area contributed by atoms with Crippen LogP contribution in [0.25, 0.3) is 22.7 Å². The second-order valence-corrected chi connectivity index (χ2v) is 8.75. The largest absolute Gasteiger partial charge is 0.460 e. The zero-order valence-corrected chi connectivity index (χ0v) is 22.8. The summed E-state index contributed by atoms with van der Waals surface area (Å²) in [4.78, 5) is 0. The fraction of sp³-hybridized carbons (Fsp3) is 0.303. The van der Waals surface area contributed by atoms with Gasteiger partial charge in [-0.15, -0.1) is 0 Å². The normalized spacial score (nSPS) is 12.8. The molecule has 1 aliphatic carbocycles. The van der Waals surface area contributed by atoms with E-state index in [4.69, 9.17) is 9.83 Å². The molecule has 0 fully saturated rings. The first-order chi connectivity index (χ1) is 17.5. The van der Waals surface area contributed by atoms with Crippen molar-refractivity contribution >= 4 is 29.0 Å². The van der Waals surface area contributed by atoms with Crippen molar-refractivity contribution in [2.45, 2.75) is 53.9 Å². The van der Waals surface area contributed by atoms with Crippen LogP contribution in [0.1, 0.15) is 62.1 Å². The molecular formula is C33H42N2O. The van der Waals surface area contributed by atoms with Crippen LogP contribution in [0.5, 0.6) is 0 Å². The van der Waals surface area contributed by atoms with Crippen LogP contribution in [-0.4, -0.2) is 13.3 Å². The summed E-state index contributed by atoms with van der Waals surface area (Å²) in [5.41, 5.74) is 7.15. The topological polar surface area (TPSA) is 49.0 Å². The summed E-state index contributed by atoms with van der Waals surface area (Å²) in [7, 11) is 1.96. The zero-order valence-electron chi connectivity index (χ0n) is 22.8. The maximum Gasteiger partial charge on any atom is 0.138 e. The van der Waals surface area contributed by atoms with Crippen LogP contribution in [-0.2, 0) is 12.8 Å². The van der Waals surface area contributed by atoms with Gasteiger partial charge in [-0.25, -0.2) is 0 Å². The molecule has 2 aromatic carbocycles. The van der Waals surface area contributed by atoms with E-state index in [0.717, 1.165) is 36.3 Å². The Bertz CT molecular complexity index is 1220. The van der Waals surface area contributed by atoms with E-state index >= 15 is 0 Å². The van der Waals surface area contributed by atoms with E-state index in [9.17, 15) is 0 Å². The van der Waals surface area contributed by atoms with Gasteiger partial charge < -0.3 is 15.1 Å². The average molecular weight is 483 g/mol. The molecule has 190 valence electrons. The molecule has 0 radical (unpaired) electrons. The maximum atomic E-state index is 6.99. The minimum absolute atomic E-state index is 0.589. The fourth-order valence-electron chi connectivity index (χ4n) is 4.01. The van der Waals surface area contributed by atoms with Gasteiger partial charge in [0.1, 0.15) is 11.3 Å². The number of hydrogen-bond acceptors (Lipinski definition) is 3. The van der Waals surface area contributed by atoms with Gasteiger partial charge in [0.05, 0.1) is 0 Å². The van der Waals surface area contributed by atoms with Gasteiger partial charge in [-0.1, -0.05) is 101 Å². The summed E-state index contributed by atoms with van der Waals surface area (Å²) in [6.45, 7) is 10.5. The van der Waals surface area contributed by atoms with Gasteiger partial charge in [-0.3, -0.25) is 0 Å². The molecule has 0 saturated heterocycles. The van der Waals surface area contributed by atoms with Crippen LogP contribution < -0.4 is 5.32 Å². The summed E-state index contributed by atoms with van der Waals surface area (Å²) >= 11 is 0. The molecule has 1 aliphatic rings. The number of benzene rings is 2. The van der Waals surface area contributed by atoms with Crippen LogP contribution in [0.2, 0.25) is 0 Å². The molecule has 0 amide bonds. The number of allylic oxidation sites excluding steroid dienone is 6. The predicted octanol–water partition coefficient (Wildman–Crippen LogP) is 8.93. The van der Waals surface area contributed by atoms with Crippen LogP contribution in [0, 0.1) is 18.3 Å². The van der Waals surface area contributed by atoms with Gasteiger partial charge in [0.25, 0.3) is 0 Å². The number of fused-ring (bicyclic) bond motifs is 3. The first-order valence-electron chi connectivity index (χ1n) is 13.0. The molecular weight excluding hydrogens is 440 g/mol. The SMILES string of the molecule is CC.CN/C(=C\C=C/C(C)C)c1ccccc1C.N=C/C=C\Cc1cccc2c3c(oc12)CCC=C3. The Kier molecular flexibility index (Phi) is 12.3. The molecule has 36 heavy (non-hydrogen) atoms. The van der Waals surface area contributed by atoms with Gasteiger partial charge >= 0.3 is 0 Å². The van der Waals surface area contributed by atoms with Crippen LogP contribution >= 0.6 is 0 Å². The maximum absolute atomic E-state index is 6.99. The van der Waals surface area contributed by atoms with Gasteiger partial charge in [-0.05, 0) is 49.0 Å². The number of furan rings is 1. The molecule has 0 unspecified atom stereocenters. The Balaban J connectivity index is 0.000000239. The van der Waals surface area contributed by atoms with E-state index in [-0.39, 0.29) is 0 Å². The third-order valence-corrected chi connectivity index (χ3v) is 5.77. The molecule has 3 heteroatoms. The molecule has 1 heterocycles.